The van der Waals surface area contributed by atoms with Crippen LogP contribution in [0, 0.1) is 5.82 Å². The lowest BCUT2D eigenvalue weighted by molar-refractivity contribution is -0.141. The van der Waals surface area contributed by atoms with Crippen LogP contribution in [0.15, 0.2) is 83.8 Å². The zero-order chi connectivity index (χ0) is 29.7. The van der Waals surface area contributed by atoms with Crippen LogP contribution in [0.2, 0.25) is 0 Å². The van der Waals surface area contributed by atoms with Crippen molar-refractivity contribution < 1.29 is 27.2 Å². The second-order valence-corrected chi connectivity index (χ2v) is 12.7. The van der Waals surface area contributed by atoms with Gasteiger partial charge in [-0.15, -0.1) is 0 Å². The Kier molecular flexibility index (Phi) is 9.01. The van der Waals surface area contributed by atoms with Crippen LogP contribution in [0.1, 0.15) is 60.0 Å². The van der Waals surface area contributed by atoms with Crippen LogP contribution in [0.3, 0.4) is 0 Å². The number of carbonyl (C=O) groups excluding carboxylic acids is 3. The number of halogens is 1. The molecule has 1 N–H and O–H groups in total. The molecular formula is C32H34FN3O5S. The van der Waals surface area contributed by atoms with Gasteiger partial charge in [0.15, 0.2) is 0 Å². The standard InChI is InChI=1S/C32H34FN3O5S/c33-25-18-16-24(17-19-25)22-35(28(21-23-9-2-1-3-10-23)31(38)34-26-11-4-5-12-26)30(37)15-8-20-36-32(39)27-13-6-7-14-29(27)42(36,40)41/h1-3,6-7,9-10,13-14,16-19,26,28H,4-5,8,11-12,15,20-22H2,(H,34,38)/t28-/m0/s1. The molecule has 3 amide bonds. The molecule has 1 heterocycles. The third kappa shape index (κ3) is 6.54. The molecule has 42 heavy (non-hydrogen) atoms. The van der Waals surface area contributed by atoms with Crippen molar-refractivity contribution in [1.82, 2.24) is 14.5 Å². The minimum Gasteiger partial charge on any atom is -0.352 e. The lowest BCUT2D eigenvalue weighted by Crippen LogP contribution is -2.52. The monoisotopic (exact) mass is 591 g/mol. The number of rotatable bonds is 11. The minimum atomic E-state index is -3.99. The van der Waals surface area contributed by atoms with E-state index >= 15 is 0 Å². The molecule has 5 rings (SSSR count). The lowest BCUT2D eigenvalue weighted by Gasteiger charge is -2.32. The van der Waals surface area contributed by atoms with Gasteiger partial charge in [-0.1, -0.05) is 67.4 Å². The van der Waals surface area contributed by atoms with Gasteiger partial charge in [-0.25, -0.2) is 17.1 Å². The smallest absolute Gasteiger partial charge is 0.269 e. The van der Waals surface area contributed by atoms with E-state index in [-0.39, 0.29) is 60.7 Å². The number of hydrogen-bond acceptors (Lipinski definition) is 5. The molecule has 1 atom stereocenters. The highest BCUT2D eigenvalue weighted by Crippen LogP contribution is 2.30. The van der Waals surface area contributed by atoms with Crippen molar-refractivity contribution in [2.24, 2.45) is 0 Å². The summed E-state index contributed by atoms with van der Waals surface area (Å²) < 4.78 is 40.4. The molecule has 10 heteroatoms. The van der Waals surface area contributed by atoms with Crippen molar-refractivity contribution in [3.05, 3.63) is 101 Å². The molecule has 0 radical (unpaired) electrons. The number of hydrogen-bond donors (Lipinski definition) is 1. The molecule has 0 saturated heterocycles. The number of fused-ring (bicyclic) bond motifs is 1. The number of nitrogens with zero attached hydrogens (tertiary/aromatic N) is 2. The molecular weight excluding hydrogens is 557 g/mol. The Hall–Kier alpha value is -4.05. The minimum absolute atomic E-state index is 0.0363. The highest BCUT2D eigenvalue weighted by molar-refractivity contribution is 7.90. The van der Waals surface area contributed by atoms with Crippen LogP contribution in [0.5, 0.6) is 0 Å². The van der Waals surface area contributed by atoms with E-state index in [9.17, 15) is 27.2 Å². The summed E-state index contributed by atoms with van der Waals surface area (Å²) in [7, 11) is -3.99. The van der Waals surface area contributed by atoms with Crippen molar-refractivity contribution >= 4 is 27.7 Å². The van der Waals surface area contributed by atoms with Crippen LogP contribution in [-0.2, 0) is 32.6 Å². The first kappa shape index (κ1) is 29.4. The quantitative estimate of drug-likeness (QED) is 0.355. The summed E-state index contributed by atoms with van der Waals surface area (Å²) in [5.41, 5.74) is 1.66. The van der Waals surface area contributed by atoms with Gasteiger partial charge in [-0.2, -0.15) is 0 Å². The zero-order valence-corrected chi connectivity index (χ0v) is 24.1. The molecule has 220 valence electrons. The van der Waals surface area contributed by atoms with Crippen molar-refractivity contribution in [2.75, 3.05) is 6.54 Å². The number of carbonyl (C=O) groups is 3. The predicted octanol–water partition coefficient (Wildman–Crippen LogP) is 4.45. The van der Waals surface area contributed by atoms with Gasteiger partial charge < -0.3 is 10.2 Å². The zero-order valence-electron chi connectivity index (χ0n) is 23.2. The van der Waals surface area contributed by atoms with Gasteiger partial charge in [-0.05, 0) is 54.7 Å². The Bertz CT molecular complexity index is 1540. The highest BCUT2D eigenvalue weighted by atomic mass is 32.2. The average molecular weight is 592 g/mol. The molecule has 1 fully saturated rings. The van der Waals surface area contributed by atoms with Crippen LogP contribution >= 0.6 is 0 Å². The van der Waals surface area contributed by atoms with E-state index in [0.29, 0.717) is 5.56 Å². The second kappa shape index (κ2) is 12.9. The molecule has 2 aliphatic rings. The Labute approximate surface area is 245 Å². The molecule has 1 aliphatic heterocycles. The molecule has 1 saturated carbocycles. The van der Waals surface area contributed by atoms with Gasteiger partial charge in [0.2, 0.25) is 11.8 Å². The molecule has 8 nitrogen and oxygen atoms in total. The Balaban J connectivity index is 1.37. The van der Waals surface area contributed by atoms with E-state index < -0.39 is 27.8 Å². The molecule has 3 aromatic rings. The van der Waals surface area contributed by atoms with Gasteiger partial charge >= 0.3 is 0 Å². The summed E-state index contributed by atoms with van der Waals surface area (Å²) in [6.45, 7) is -0.0926. The lowest BCUT2D eigenvalue weighted by atomic mass is 10.0. The Morgan fingerprint density at radius 1 is 0.929 bits per heavy atom. The summed E-state index contributed by atoms with van der Waals surface area (Å²) in [5, 5.41) is 3.13. The molecule has 0 spiro atoms. The maximum absolute atomic E-state index is 13.8. The van der Waals surface area contributed by atoms with Gasteiger partial charge in [0, 0.05) is 32.0 Å². The van der Waals surface area contributed by atoms with Crippen LogP contribution in [-0.4, -0.2) is 54.0 Å². The van der Waals surface area contributed by atoms with Crippen LogP contribution in [0.4, 0.5) is 4.39 Å². The molecule has 1 aliphatic carbocycles. The number of sulfonamides is 1. The Morgan fingerprint density at radius 2 is 1.60 bits per heavy atom. The number of amides is 3. The van der Waals surface area contributed by atoms with Crippen molar-refractivity contribution in [2.45, 2.75) is 68.5 Å². The maximum atomic E-state index is 13.8. The SMILES string of the molecule is O=C(NC1CCCC1)[C@H](Cc1ccccc1)N(Cc1ccc(F)cc1)C(=O)CCCN1C(=O)c2ccccc2S1(=O)=O. The summed E-state index contributed by atoms with van der Waals surface area (Å²) in [5.74, 6) is -1.63. The van der Waals surface area contributed by atoms with Crippen molar-refractivity contribution in [1.29, 1.82) is 0 Å². The number of nitrogens with one attached hydrogen (secondary N) is 1. The molecule has 0 bridgehead atoms. The van der Waals surface area contributed by atoms with Gasteiger partial charge in [-0.3, -0.25) is 14.4 Å². The normalized spacial score (nSPS) is 16.7. The predicted molar refractivity (Wildman–Crippen MR) is 155 cm³/mol. The van der Waals surface area contributed by atoms with Gasteiger partial charge in [0.25, 0.3) is 15.9 Å². The van der Waals surface area contributed by atoms with E-state index in [1.165, 1.54) is 29.2 Å². The number of benzene rings is 3. The maximum Gasteiger partial charge on any atom is 0.269 e. The van der Waals surface area contributed by atoms with E-state index in [2.05, 4.69) is 5.32 Å². The largest absolute Gasteiger partial charge is 0.352 e. The first-order valence-electron chi connectivity index (χ1n) is 14.3. The first-order valence-corrected chi connectivity index (χ1v) is 15.7. The Morgan fingerprint density at radius 3 is 2.29 bits per heavy atom. The topological polar surface area (TPSA) is 104 Å². The summed E-state index contributed by atoms with van der Waals surface area (Å²) in [6.07, 6.45) is 4.12. The van der Waals surface area contributed by atoms with E-state index in [0.717, 1.165) is 35.6 Å². The van der Waals surface area contributed by atoms with Gasteiger partial charge in [0.1, 0.15) is 16.8 Å². The average Bonchev–Trinajstić information content (AvgIpc) is 3.57. The van der Waals surface area contributed by atoms with E-state index in [1.807, 2.05) is 30.3 Å². The summed E-state index contributed by atoms with van der Waals surface area (Å²) in [4.78, 5) is 41.9. The summed E-state index contributed by atoms with van der Waals surface area (Å²) >= 11 is 0. The summed E-state index contributed by atoms with van der Waals surface area (Å²) in [6, 6.07) is 20.5. The molecule has 0 unspecified atom stereocenters. The van der Waals surface area contributed by atoms with Crippen molar-refractivity contribution in [3.8, 4) is 0 Å². The second-order valence-electron chi connectivity index (χ2n) is 10.8. The van der Waals surface area contributed by atoms with E-state index in [4.69, 9.17) is 0 Å². The van der Waals surface area contributed by atoms with Crippen LogP contribution < -0.4 is 5.32 Å². The first-order chi connectivity index (χ1) is 20.2. The fraction of sp³-hybridized carbons (Fsp3) is 0.344. The van der Waals surface area contributed by atoms with E-state index in [1.54, 1.807) is 24.3 Å². The molecule has 0 aromatic heterocycles. The third-order valence-corrected chi connectivity index (χ3v) is 9.74. The fourth-order valence-corrected chi connectivity index (χ4v) is 7.29. The van der Waals surface area contributed by atoms with Crippen molar-refractivity contribution in [3.63, 3.8) is 0 Å². The van der Waals surface area contributed by atoms with Crippen LogP contribution in [0.25, 0.3) is 0 Å². The molecule has 3 aromatic carbocycles. The van der Waals surface area contributed by atoms with Gasteiger partial charge in [0.05, 0.1) is 5.56 Å². The third-order valence-electron chi connectivity index (χ3n) is 7.90. The fourth-order valence-electron chi connectivity index (χ4n) is 5.68. The highest BCUT2D eigenvalue weighted by Gasteiger charge is 2.40.